The quantitative estimate of drug-likeness (QED) is 0.738. The van der Waals surface area contributed by atoms with Crippen molar-refractivity contribution in [2.45, 2.75) is 0 Å². The Morgan fingerprint density at radius 3 is 2.85 bits per heavy atom. The number of amides is 1. The molecule has 1 aromatic heterocycles. The Labute approximate surface area is 120 Å². The maximum Gasteiger partial charge on any atom is 0.248 e. The fourth-order valence-electron chi connectivity index (χ4n) is 1.86. The number of carbonyl (C=O) groups excluding carboxylic acids is 1. The summed E-state index contributed by atoms with van der Waals surface area (Å²) in [7, 11) is 0. The van der Waals surface area contributed by atoms with Crippen molar-refractivity contribution in [3.63, 3.8) is 0 Å². The number of anilines is 1. The summed E-state index contributed by atoms with van der Waals surface area (Å²) in [5.41, 5.74) is 4.45. The van der Waals surface area contributed by atoms with Gasteiger partial charge in [-0.2, -0.15) is 0 Å². The van der Waals surface area contributed by atoms with Gasteiger partial charge in [0.2, 0.25) is 5.91 Å². The summed E-state index contributed by atoms with van der Waals surface area (Å²) in [5, 5.41) is 2.83. The minimum atomic E-state index is -0.150. The number of nitrogens with zero attached hydrogens (tertiary/aromatic N) is 1. The number of hydrogen-bond donors (Lipinski definition) is 1. The van der Waals surface area contributed by atoms with Crippen LogP contribution in [0.5, 0.6) is 0 Å². The average molecular weight is 280 g/mol. The highest BCUT2D eigenvalue weighted by Gasteiger charge is 2.01. The average Bonchev–Trinajstić information content (AvgIpc) is 2.94. The van der Waals surface area contributed by atoms with Crippen LogP contribution in [0.3, 0.4) is 0 Å². The van der Waals surface area contributed by atoms with Gasteiger partial charge in [-0.05, 0) is 29.8 Å². The van der Waals surface area contributed by atoms with Gasteiger partial charge in [-0.25, -0.2) is 4.98 Å². The van der Waals surface area contributed by atoms with E-state index in [0.717, 1.165) is 21.5 Å². The number of carbonyl (C=O) groups is 1. The van der Waals surface area contributed by atoms with Crippen LogP contribution in [-0.2, 0) is 4.79 Å². The third kappa shape index (κ3) is 2.92. The van der Waals surface area contributed by atoms with Crippen molar-refractivity contribution in [3.8, 4) is 0 Å². The van der Waals surface area contributed by atoms with Crippen LogP contribution in [-0.4, -0.2) is 10.9 Å². The summed E-state index contributed by atoms with van der Waals surface area (Å²) in [5.74, 6) is -0.150. The van der Waals surface area contributed by atoms with Gasteiger partial charge in [0.15, 0.2) is 0 Å². The van der Waals surface area contributed by atoms with E-state index in [1.165, 1.54) is 6.08 Å². The lowest BCUT2D eigenvalue weighted by Crippen LogP contribution is -2.07. The summed E-state index contributed by atoms with van der Waals surface area (Å²) in [4.78, 5) is 16.1. The van der Waals surface area contributed by atoms with Crippen LogP contribution in [0.25, 0.3) is 16.3 Å². The van der Waals surface area contributed by atoms with Gasteiger partial charge >= 0.3 is 0 Å². The van der Waals surface area contributed by atoms with Gasteiger partial charge in [-0.15, -0.1) is 11.3 Å². The van der Waals surface area contributed by atoms with E-state index < -0.39 is 0 Å². The van der Waals surface area contributed by atoms with Crippen LogP contribution in [0.15, 0.2) is 60.1 Å². The number of thiazole rings is 1. The van der Waals surface area contributed by atoms with Gasteiger partial charge in [0.25, 0.3) is 0 Å². The number of hydrogen-bond acceptors (Lipinski definition) is 3. The van der Waals surface area contributed by atoms with Gasteiger partial charge < -0.3 is 5.32 Å². The zero-order chi connectivity index (χ0) is 13.8. The van der Waals surface area contributed by atoms with E-state index in [4.69, 9.17) is 0 Å². The maximum absolute atomic E-state index is 11.8. The van der Waals surface area contributed by atoms with E-state index >= 15 is 0 Å². The van der Waals surface area contributed by atoms with Crippen LogP contribution < -0.4 is 5.32 Å². The molecule has 20 heavy (non-hydrogen) atoms. The molecule has 2 aromatic carbocycles. The summed E-state index contributed by atoms with van der Waals surface area (Å²) < 4.78 is 1.11. The largest absolute Gasteiger partial charge is 0.322 e. The smallest absolute Gasteiger partial charge is 0.248 e. The molecule has 3 rings (SSSR count). The number of fused-ring (bicyclic) bond motifs is 1. The summed E-state index contributed by atoms with van der Waals surface area (Å²) >= 11 is 1.58. The van der Waals surface area contributed by atoms with Crippen molar-refractivity contribution in [1.29, 1.82) is 0 Å². The molecule has 1 amide bonds. The highest BCUT2D eigenvalue weighted by molar-refractivity contribution is 7.16. The van der Waals surface area contributed by atoms with Gasteiger partial charge in [0, 0.05) is 11.8 Å². The summed E-state index contributed by atoms with van der Waals surface area (Å²) in [6.45, 7) is 0. The van der Waals surface area contributed by atoms with Crippen molar-refractivity contribution in [2.75, 3.05) is 5.32 Å². The third-order valence-corrected chi connectivity index (χ3v) is 3.63. The predicted octanol–water partition coefficient (Wildman–Crippen LogP) is 3.95. The lowest BCUT2D eigenvalue weighted by atomic mass is 10.2. The molecule has 0 bridgehead atoms. The Bertz CT molecular complexity index is 762. The molecule has 0 aliphatic heterocycles. The topological polar surface area (TPSA) is 42.0 Å². The molecule has 0 atom stereocenters. The van der Waals surface area contributed by atoms with Crippen LogP contribution in [0.1, 0.15) is 5.56 Å². The lowest BCUT2D eigenvalue weighted by molar-refractivity contribution is -0.111. The first-order valence-corrected chi connectivity index (χ1v) is 7.06. The van der Waals surface area contributed by atoms with E-state index in [2.05, 4.69) is 10.3 Å². The monoisotopic (exact) mass is 280 g/mol. The predicted molar refractivity (Wildman–Crippen MR) is 83.7 cm³/mol. The van der Waals surface area contributed by atoms with Gasteiger partial charge in [-0.1, -0.05) is 30.3 Å². The number of nitrogens with one attached hydrogen (secondary N) is 1. The lowest BCUT2D eigenvalue weighted by Gasteiger charge is -2.01. The molecule has 0 radical (unpaired) electrons. The van der Waals surface area contributed by atoms with Gasteiger partial charge in [0.1, 0.15) is 0 Å². The van der Waals surface area contributed by atoms with Crippen molar-refractivity contribution in [2.24, 2.45) is 0 Å². The normalized spacial score (nSPS) is 11.0. The highest BCUT2D eigenvalue weighted by atomic mass is 32.1. The first kappa shape index (κ1) is 12.6. The van der Waals surface area contributed by atoms with Gasteiger partial charge in [-0.3, -0.25) is 4.79 Å². The summed E-state index contributed by atoms with van der Waals surface area (Å²) in [6.07, 6.45) is 3.32. The second kappa shape index (κ2) is 5.67. The maximum atomic E-state index is 11.8. The molecule has 3 nitrogen and oxygen atoms in total. The van der Waals surface area contributed by atoms with Crippen LogP contribution in [0, 0.1) is 0 Å². The Morgan fingerprint density at radius 1 is 1.15 bits per heavy atom. The Hall–Kier alpha value is -2.46. The zero-order valence-corrected chi connectivity index (χ0v) is 11.4. The molecule has 0 unspecified atom stereocenters. The second-order valence-corrected chi connectivity index (χ2v) is 5.15. The number of benzene rings is 2. The fourth-order valence-corrected chi connectivity index (χ4v) is 2.51. The van der Waals surface area contributed by atoms with Crippen LogP contribution in [0.2, 0.25) is 0 Å². The molecule has 0 fully saturated rings. The molecular weight excluding hydrogens is 268 g/mol. The molecule has 98 valence electrons. The molecule has 0 spiro atoms. The van der Waals surface area contributed by atoms with Crippen LogP contribution >= 0.6 is 11.3 Å². The molecule has 0 aliphatic rings. The SMILES string of the molecule is O=C(C=Cc1ccccc1)Nc1ccc2scnc2c1. The van der Waals surface area contributed by atoms with Crippen molar-refractivity contribution in [3.05, 3.63) is 65.7 Å². The van der Waals surface area contributed by atoms with E-state index in [0.29, 0.717) is 0 Å². The van der Waals surface area contributed by atoms with Crippen LogP contribution in [0.4, 0.5) is 5.69 Å². The Morgan fingerprint density at radius 2 is 2.00 bits per heavy atom. The molecular formula is C16H12N2OS. The molecule has 0 aliphatic carbocycles. The Kier molecular flexibility index (Phi) is 3.56. The fraction of sp³-hybridized carbons (Fsp3) is 0. The molecule has 4 heteroatoms. The first-order chi connectivity index (χ1) is 9.81. The number of rotatable bonds is 3. The van der Waals surface area contributed by atoms with E-state index in [9.17, 15) is 4.79 Å². The number of aromatic nitrogens is 1. The van der Waals surface area contributed by atoms with E-state index in [1.807, 2.05) is 48.5 Å². The molecule has 3 aromatic rings. The molecule has 1 N–H and O–H groups in total. The standard InChI is InChI=1S/C16H12N2OS/c19-16(9-6-12-4-2-1-3-5-12)18-13-7-8-15-14(10-13)17-11-20-15/h1-11H,(H,18,19). The second-order valence-electron chi connectivity index (χ2n) is 4.27. The molecule has 0 saturated heterocycles. The van der Waals surface area contributed by atoms with Crippen molar-refractivity contribution < 1.29 is 4.79 Å². The van der Waals surface area contributed by atoms with Crippen molar-refractivity contribution >= 4 is 39.2 Å². The van der Waals surface area contributed by atoms with Gasteiger partial charge in [0.05, 0.1) is 15.7 Å². The molecule has 0 saturated carbocycles. The summed E-state index contributed by atoms with van der Waals surface area (Å²) in [6, 6.07) is 15.4. The minimum Gasteiger partial charge on any atom is -0.322 e. The first-order valence-electron chi connectivity index (χ1n) is 6.19. The van der Waals surface area contributed by atoms with Crippen molar-refractivity contribution in [1.82, 2.24) is 4.98 Å². The third-order valence-electron chi connectivity index (χ3n) is 2.82. The zero-order valence-electron chi connectivity index (χ0n) is 10.6. The van der Waals surface area contributed by atoms with E-state index in [1.54, 1.807) is 22.9 Å². The van der Waals surface area contributed by atoms with E-state index in [-0.39, 0.29) is 5.91 Å². The highest BCUT2D eigenvalue weighted by Crippen LogP contribution is 2.21. The Balaban J connectivity index is 1.70. The minimum absolute atomic E-state index is 0.150. The molecule has 1 heterocycles.